The van der Waals surface area contributed by atoms with Crippen molar-refractivity contribution in [2.75, 3.05) is 31.2 Å². The van der Waals surface area contributed by atoms with E-state index in [1.54, 1.807) is 0 Å². The standard InChI is InChI=1S/C11H12INO/c12-9-1-3-10(4-2-9)13-5-11(6-13)7-14-8-11/h1-4H,5-8H2. The molecule has 1 spiro atoms. The van der Waals surface area contributed by atoms with Gasteiger partial charge in [-0.25, -0.2) is 0 Å². The third-order valence-corrected chi connectivity index (χ3v) is 3.78. The monoisotopic (exact) mass is 301 g/mol. The maximum Gasteiger partial charge on any atom is 0.0579 e. The first-order chi connectivity index (χ1) is 6.77. The molecule has 0 saturated carbocycles. The van der Waals surface area contributed by atoms with E-state index in [9.17, 15) is 0 Å². The molecule has 2 aliphatic heterocycles. The first kappa shape index (κ1) is 8.97. The third kappa shape index (κ3) is 1.34. The van der Waals surface area contributed by atoms with E-state index in [0.717, 1.165) is 13.2 Å². The summed E-state index contributed by atoms with van der Waals surface area (Å²) in [5.74, 6) is 0. The highest BCUT2D eigenvalue weighted by Gasteiger charge is 2.48. The normalized spacial score (nSPS) is 23.1. The van der Waals surface area contributed by atoms with Crippen LogP contribution in [0.2, 0.25) is 0 Å². The minimum Gasteiger partial charge on any atom is -0.380 e. The van der Waals surface area contributed by atoms with Crippen molar-refractivity contribution in [2.45, 2.75) is 0 Å². The average Bonchev–Trinajstić information content (AvgIpc) is 2.03. The molecule has 0 atom stereocenters. The van der Waals surface area contributed by atoms with Gasteiger partial charge in [-0.3, -0.25) is 0 Å². The summed E-state index contributed by atoms with van der Waals surface area (Å²) in [6.45, 7) is 4.28. The molecule has 0 radical (unpaired) electrons. The molecular weight excluding hydrogens is 289 g/mol. The maximum absolute atomic E-state index is 5.26. The van der Waals surface area contributed by atoms with E-state index in [4.69, 9.17) is 4.74 Å². The molecule has 1 aromatic carbocycles. The molecule has 1 aromatic rings. The molecule has 0 aliphatic carbocycles. The van der Waals surface area contributed by atoms with Crippen LogP contribution < -0.4 is 4.90 Å². The van der Waals surface area contributed by atoms with Crippen LogP contribution in [0.25, 0.3) is 0 Å². The highest BCUT2D eigenvalue weighted by Crippen LogP contribution is 2.40. The SMILES string of the molecule is Ic1ccc(N2CC3(COC3)C2)cc1. The van der Waals surface area contributed by atoms with Gasteiger partial charge in [-0.2, -0.15) is 0 Å². The second-order valence-corrected chi connectivity index (χ2v) is 5.57. The molecule has 2 heterocycles. The van der Waals surface area contributed by atoms with E-state index >= 15 is 0 Å². The minimum atomic E-state index is 0.517. The summed E-state index contributed by atoms with van der Waals surface area (Å²) < 4.78 is 6.56. The van der Waals surface area contributed by atoms with Crippen LogP contribution in [-0.2, 0) is 4.74 Å². The first-order valence-corrected chi connectivity index (χ1v) is 5.94. The van der Waals surface area contributed by atoms with Gasteiger partial charge >= 0.3 is 0 Å². The largest absolute Gasteiger partial charge is 0.380 e. The third-order valence-electron chi connectivity index (χ3n) is 3.06. The van der Waals surface area contributed by atoms with Gasteiger partial charge in [-0.05, 0) is 46.9 Å². The van der Waals surface area contributed by atoms with Gasteiger partial charge < -0.3 is 9.64 Å². The molecule has 0 unspecified atom stereocenters. The van der Waals surface area contributed by atoms with Gasteiger partial charge in [0.15, 0.2) is 0 Å². The zero-order chi connectivity index (χ0) is 9.60. The summed E-state index contributed by atoms with van der Waals surface area (Å²) >= 11 is 2.34. The Balaban J connectivity index is 1.70. The Kier molecular flexibility index (Phi) is 1.99. The smallest absolute Gasteiger partial charge is 0.0579 e. The van der Waals surface area contributed by atoms with Crippen molar-refractivity contribution < 1.29 is 4.74 Å². The number of halogens is 1. The first-order valence-electron chi connectivity index (χ1n) is 4.86. The van der Waals surface area contributed by atoms with E-state index in [0.29, 0.717) is 5.41 Å². The van der Waals surface area contributed by atoms with Crippen molar-refractivity contribution in [2.24, 2.45) is 5.41 Å². The molecule has 0 aromatic heterocycles. The highest BCUT2D eigenvalue weighted by atomic mass is 127. The topological polar surface area (TPSA) is 12.5 Å². The van der Waals surface area contributed by atoms with Gasteiger partial charge in [0.25, 0.3) is 0 Å². The van der Waals surface area contributed by atoms with Crippen LogP contribution in [0.4, 0.5) is 5.69 Å². The summed E-state index contributed by atoms with van der Waals surface area (Å²) in [7, 11) is 0. The fourth-order valence-corrected chi connectivity index (χ4v) is 2.53. The zero-order valence-electron chi connectivity index (χ0n) is 7.87. The van der Waals surface area contributed by atoms with Gasteiger partial charge in [-0.15, -0.1) is 0 Å². The van der Waals surface area contributed by atoms with E-state index in [1.807, 2.05) is 0 Å². The summed E-state index contributed by atoms with van der Waals surface area (Å²) in [4.78, 5) is 2.43. The van der Waals surface area contributed by atoms with Gasteiger partial charge in [0, 0.05) is 22.3 Å². The van der Waals surface area contributed by atoms with Crippen molar-refractivity contribution in [3.8, 4) is 0 Å². The van der Waals surface area contributed by atoms with Crippen LogP contribution in [0.15, 0.2) is 24.3 Å². The van der Waals surface area contributed by atoms with Crippen LogP contribution in [0.1, 0.15) is 0 Å². The second-order valence-electron chi connectivity index (χ2n) is 4.33. The Morgan fingerprint density at radius 2 is 1.79 bits per heavy atom. The van der Waals surface area contributed by atoms with E-state index in [1.165, 1.54) is 22.3 Å². The van der Waals surface area contributed by atoms with Crippen LogP contribution in [0.5, 0.6) is 0 Å². The lowest BCUT2D eigenvalue weighted by atomic mass is 9.78. The van der Waals surface area contributed by atoms with Crippen molar-refractivity contribution in [1.29, 1.82) is 0 Å². The molecule has 0 N–H and O–H groups in total. The van der Waals surface area contributed by atoms with Gasteiger partial charge in [0.05, 0.1) is 18.6 Å². The lowest BCUT2D eigenvalue weighted by Gasteiger charge is -2.56. The Morgan fingerprint density at radius 3 is 2.29 bits per heavy atom. The molecule has 0 amide bonds. The number of hydrogen-bond donors (Lipinski definition) is 0. The van der Waals surface area contributed by atoms with Gasteiger partial charge in [0.1, 0.15) is 0 Å². The molecule has 14 heavy (non-hydrogen) atoms. The molecule has 74 valence electrons. The summed E-state index contributed by atoms with van der Waals surface area (Å²) in [6.07, 6.45) is 0. The maximum atomic E-state index is 5.26. The van der Waals surface area contributed by atoms with E-state index in [-0.39, 0.29) is 0 Å². The Morgan fingerprint density at radius 1 is 1.14 bits per heavy atom. The van der Waals surface area contributed by atoms with Gasteiger partial charge in [0.2, 0.25) is 0 Å². The van der Waals surface area contributed by atoms with Crippen LogP contribution in [0.3, 0.4) is 0 Å². The Hall–Kier alpha value is -0.290. The van der Waals surface area contributed by atoms with Gasteiger partial charge in [-0.1, -0.05) is 0 Å². The molecule has 2 saturated heterocycles. The molecule has 2 aliphatic rings. The summed E-state index contributed by atoms with van der Waals surface area (Å²) in [5.41, 5.74) is 1.87. The van der Waals surface area contributed by atoms with Crippen molar-refractivity contribution in [3.05, 3.63) is 27.8 Å². The zero-order valence-corrected chi connectivity index (χ0v) is 10.0. The highest BCUT2D eigenvalue weighted by molar-refractivity contribution is 14.1. The quantitative estimate of drug-likeness (QED) is 0.737. The Labute approximate surface area is 97.4 Å². The van der Waals surface area contributed by atoms with Crippen molar-refractivity contribution in [3.63, 3.8) is 0 Å². The molecule has 0 bridgehead atoms. The number of ether oxygens (including phenoxy) is 1. The summed E-state index contributed by atoms with van der Waals surface area (Å²) in [6, 6.07) is 8.73. The number of benzene rings is 1. The predicted molar refractivity (Wildman–Crippen MR) is 64.6 cm³/mol. The van der Waals surface area contributed by atoms with Crippen molar-refractivity contribution >= 4 is 28.3 Å². The van der Waals surface area contributed by atoms with Crippen LogP contribution in [-0.4, -0.2) is 26.3 Å². The predicted octanol–water partition coefficient (Wildman–Crippen LogP) is 2.13. The molecule has 3 rings (SSSR count). The lowest BCUT2D eigenvalue weighted by Crippen LogP contribution is -2.66. The van der Waals surface area contributed by atoms with Crippen molar-refractivity contribution in [1.82, 2.24) is 0 Å². The molecular formula is C11H12INO. The number of hydrogen-bond acceptors (Lipinski definition) is 2. The fraction of sp³-hybridized carbons (Fsp3) is 0.455. The Bertz CT molecular complexity index is 337. The van der Waals surface area contributed by atoms with E-state index < -0.39 is 0 Å². The molecule has 2 fully saturated rings. The number of rotatable bonds is 1. The number of nitrogens with zero attached hydrogens (tertiary/aromatic N) is 1. The number of anilines is 1. The minimum absolute atomic E-state index is 0.517. The molecule has 2 nitrogen and oxygen atoms in total. The average molecular weight is 301 g/mol. The van der Waals surface area contributed by atoms with Crippen LogP contribution >= 0.6 is 22.6 Å². The summed E-state index contributed by atoms with van der Waals surface area (Å²) in [5, 5.41) is 0. The molecule has 3 heteroatoms. The van der Waals surface area contributed by atoms with Crippen LogP contribution in [0, 0.1) is 8.99 Å². The van der Waals surface area contributed by atoms with E-state index in [2.05, 4.69) is 51.8 Å². The second kappa shape index (κ2) is 3.10. The lowest BCUT2D eigenvalue weighted by molar-refractivity contribution is -0.127. The fourth-order valence-electron chi connectivity index (χ4n) is 2.17.